The van der Waals surface area contributed by atoms with E-state index in [1.54, 1.807) is 6.92 Å². The van der Waals surface area contributed by atoms with E-state index in [4.69, 9.17) is 5.11 Å². The van der Waals surface area contributed by atoms with Crippen molar-refractivity contribution in [2.24, 2.45) is 5.92 Å². The average molecular weight is 244 g/mol. The molecule has 4 heteroatoms. The summed E-state index contributed by atoms with van der Waals surface area (Å²) in [6, 6.07) is 0. The van der Waals surface area contributed by atoms with Gasteiger partial charge in [-0.1, -0.05) is 0 Å². The molecule has 0 aromatic heterocycles. The van der Waals surface area contributed by atoms with Crippen molar-refractivity contribution in [1.82, 2.24) is 0 Å². The van der Waals surface area contributed by atoms with Crippen molar-refractivity contribution >= 4 is 28.6 Å². The molecule has 0 aromatic carbocycles. The number of ether oxygens (including phenoxy) is 1. The highest BCUT2D eigenvalue weighted by molar-refractivity contribution is 14.1. The fourth-order valence-corrected chi connectivity index (χ4v) is 0.577. The molecule has 0 rings (SSSR count). The van der Waals surface area contributed by atoms with Gasteiger partial charge in [-0.2, -0.15) is 0 Å². The van der Waals surface area contributed by atoms with Crippen molar-refractivity contribution in [3.8, 4) is 0 Å². The normalized spacial score (nSPS) is 12.8. The molecular formula is C5H9IO3. The molecule has 1 unspecified atom stereocenters. The summed E-state index contributed by atoms with van der Waals surface area (Å²) in [6.07, 6.45) is 0. The van der Waals surface area contributed by atoms with Crippen LogP contribution in [-0.2, 0) is 9.53 Å². The zero-order chi connectivity index (χ0) is 7.28. The standard InChI is InChI=1S/C5H9IO3/c1-4(2-7)5(8)9-3-6/h4,7H,2-3H2,1H3. The topological polar surface area (TPSA) is 46.5 Å². The summed E-state index contributed by atoms with van der Waals surface area (Å²) in [5, 5.41) is 8.43. The Morgan fingerprint density at radius 1 is 1.89 bits per heavy atom. The molecule has 0 saturated heterocycles. The van der Waals surface area contributed by atoms with Crippen molar-refractivity contribution < 1.29 is 14.6 Å². The van der Waals surface area contributed by atoms with E-state index in [1.165, 1.54) is 0 Å². The first kappa shape index (κ1) is 9.16. The summed E-state index contributed by atoms with van der Waals surface area (Å²) in [5.74, 6) is -0.730. The number of alkyl halides is 1. The predicted molar refractivity (Wildman–Crippen MR) is 41.2 cm³/mol. The van der Waals surface area contributed by atoms with Gasteiger partial charge in [0.2, 0.25) is 0 Å². The van der Waals surface area contributed by atoms with E-state index in [9.17, 15) is 4.79 Å². The molecule has 0 heterocycles. The van der Waals surface area contributed by atoms with Crippen LogP contribution in [0.3, 0.4) is 0 Å². The predicted octanol–water partition coefficient (Wildman–Crippen LogP) is 0.550. The summed E-state index contributed by atoms with van der Waals surface area (Å²) in [7, 11) is 0. The maximum Gasteiger partial charge on any atom is 0.311 e. The van der Waals surface area contributed by atoms with Gasteiger partial charge < -0.3 is 9.84 Å². The first-order chi connectivity index (χ1) is 4.22. The molecule has 0 spiro atoms. The highest BCUT2D eigenvalue weighted by atomic mass is 127. The van der Waals surface area contributed by atoms with Gasteiger partial charge in [0.1, 0.15) is 4.61 Å². The fourth-order valence-electron chi connectivity index (χ4n) is 0.271. The SMILES string of the molecule is CC(CO)C(=O)OCI. The minimum absolute atomic E-state index is 0.143. The number of rotatable bonds is 3. The maximum atomic E-state index is 10.6. The minimum Gasteiger partial charge on any atom is -0.455 e. The molecule has 0 saturated carbocycles. The zero-order valence-electron chi connectivity index (χ0n) is 5.13. The van der Waals surface area contributed by atoms with Crippen molar-refractivity contribution in [2.75, 3.05) is 11.2 Å². The lowest BCUT2D eigenvalue weighted by molar-refractivity contribution is -0.146. The minimum atomic E-state index is -0.389. The van der Waals surface area contributed by atoms with E-state index in [-0.39, 0.29) is 18.5 Å². The van der Waals surface area contributed by atoms with Gasteiger partial charge in [-0.3, -0.25) is 4.79 Å². The van der Waals surface area contributed by atoms with Crippen molar-refractivity contribution in [1.29, 1.82) is 0 Å². The van der Waals surface area contributed by atoms with E-state index < -0.39 is 0 Å². The monoisotopic (exact) mass is 244 g/mol. The Morgan fingerprint density at radius 2 is 2.44 bits per heavy atom. The van der Waals surface area contributed by atoms with Crippen LogP contribution >= 0.6 is 22.6 Å². The van der Waals surface area contributed by atoms with Gasteiger partial charge >= 0.3 is 5.97 Å². The van der Waals surface area contributed by atoms with Gasteiger partial charge in [-0.05, 0) is 29.5 Å². The number of carbonyl (C=O) groups is 1. The molecule has 0 bridgehead atoms. The summed E-state index contributed by atoms with van der Waals surface area (Å²) >= 11 is 1.93. The quantitative estimate of drug-likeness (QED) is 0.448. The van der Waals surface area contributed by atoms with E-state index in [0.717, 1.165) is 0 Å². The lowest BCUT2D eigenvalue weighted by Crippen LogP contribution is -2.17. The van der Waals surface area contributed by atoms with Crippen molar-refractivity contribution in [2.45, 2.75) is 6.92 Å². The first-order valence-corrected chi connectivity index (χ1v) is 4.08. The van der Waals surface area contributed by atoms with E-state index in [1.807, 2.05) is 22.6 Å². The second kappa shape index (κ2) is 4.99. The van der Waals surface area contributed by atoms with Crippen LogP contribution in [0.2, 0.25) is 0 Å². The molecule has 1 atom stereocenters. The average Bonchev–Trinajstić information content (AvgIpc) is 1.87. The van der Waals surface area contributed by atoms with Crippen LogP contribution in [0.15, 0.2) is 0 Å². The van der Waals surface area contributed by atoms with Crippen molar-refractivity contribution in [3.63, 3.8) is 0 Å². The van der Waals surface area contributed by atoms with Gasteiger partial charge in [0.15, 0.2) is 0 Å². The van der Waals surface area contributed by atoms with Crippen LogP contribution < -0.4 is 0 Å². The summed E-state index contributed by atoms with van der Waals surface area (Å²) in [4.78, 5) is 10.6. The largest absolute Gasteiger partial charge is 0.455 e. The lowest BCUT2D eigenvalue weighted by atomic mass is 10.2. The molecule has 9 heavy (non-hydrogen) atoms. The van der Waals surface area contributed by atoms with Crippen LogP contribution in [0.4, 0.5) is 0 Å². The molecule has 0 fully saturated rings. The molecule has 0 aliphatic heterocycles. The summed E-state index contributed by atoms with van der Waals surface area (Å²) in [6.45, 7) is 1.48. The number of carbonyl (C=O) groups excluding carboxylic acids is 1. The third kappa shape index (κ3) is 3.69. The number of aliphatic hydroxyl groups excluding tert-OH is 1. The van der Waals surface area contributed by atoms with Gasteiger partial charge in [-0.25, -0.2) is 0 Å². The van der Waals surface area contributed by atoms with Crippen LogP contribution in [0.1, 0.15) is 6.92 Å². The first-order valence-electron chi connectivity index (χ1n) is 2.55. The van der Waals surface area contributed by atoms with Crippen LogP contribution in [0.25, 0.3) is 0 Å². The molecular weight excluding hydrogens is 235 g/mol. The Morgan fingerprint density at radius 3 is 2.78 bits per heavy atom. The Kier molecular flexibility index (Phi) is 5.07. The number of hydrogen-bond donors (Lipinski definition) is 1. The summed E-state index contributed by atoms with van der Waals surface area (Å²) in [5.41, 5.74) is 0. The molecule has 3 nitrogen and oxygen atoms in total. The smallest absolute Gasteiger partial charge is 0.311 e. The Hall–Kier alpha value is 0.160. The molecule has 0 aliphatic carbocycles. The van der Waals surface area contributed by atoms with Gasteiger partial charge in [0.05, 0.1) is 12.5 Å². The van der Waals surface area contributed by atoms with E-state index >= 15 is 0 Å². The molecule has 0 aliphatic rings. The van der Waals surface area contributed by atoms with E-state index in [0.29, 0.717) is 4.61 Å². The second-order valence-corrected chi connectivity index (χ2v) is 2.28. The van der Waals surface area contributed by atoms with Crippen LogP contribution in [0.5, 0.6) is 0 Å². The third-order valence-corrected chi connectivity index (χ3v) is 1.18. The summed E-state index contributed by atoms with van der Waals surface area (Å²) < 4.78 is 4.93. The molecule has 1 N–H and O–H groups in total. The number of hydrogen-bond acceptors (Lipinski definition) is 3. The molecule has 0 aromatic rings. The van der Waals surface area contributed by atoms with Gasteiger partial charge in [-0.15, -0.1) is 0 Å². The zero-order valence-corrected chi connectivity index (χ0v) is 7.29. The van der Waals surface area contributed by atoms with E-state index in [2.05, 4.69) is 4.74 Å². The highest BCUT2D eigenvalue weighted by Gasteiger charge is 2.11. The van der Waals surface area contributed by atoms with Crippen molar-refractivity contribution in [3.05, 3.63) is 0 Å². The number of halogens is 1. The van der Waals surface area contributed by atoms with Crippen LogP contribution in [0, 0.1) is 5.92 Å². The third-order valence-electron chi connectivity index (χ3n) is 0.873. The van der Waals surface area contributed by atoms with Gasteiger partial charge in [0.25, 0.3) is 0 Å². The Labute approximate surface area is 67.5 Å². The Bertz CT molecular complexity index is 94.2. The number of esters is 1. The lowest BCUT2D eigenvalue weighted by Gasteiger charge is -2.04. The molecule has 54 valence electrons. The fraction of sp³-hybridized carbons (Fsp3) is 0.800. The Balaban J connectivity index is 3.46. The molecule has 0 amide bonds. The van der Waals surface area contributed by atoms with Gasteiger partial charge in [0, 0.05) is 0 Å². The second-order valence-electron chi connectivity index (χ2n) is 1.66. The number of aliphatic hydroxyl groups is 1. The molecule has 0 radical (unpaired) electrons. The van der Waals surface area contributed by atoms with Crippen LogP contribution in [-0.4, -0.2) is 22.3 Å². The maximum absolute atomic E-state index is 10.6. The highest BCUT2D eigenvalue weighted by Crippen LogP contribution is 1.97.